The maximum absolute atomic E-state index is 12.6. The minimum atomic E-state index is -3.56. The Morgan fingerprint density at radius 1 is 1.00 bits per heavy atom. The highest BCUT2D eigenvalue weighted by molar-refractivity contribution is 7.89. The number of anilines is 1. The van der Waals surface area contributed by atoms with Crippen molar-refractivity contribution in [2.24, 2.45) is 5.92 Å². The molecule has 0 saturated carbocycles. The zero-order valence-corrected chi connectivity index (χ0v) is 16.8. The fraction of sp³-hybridized carbons (Fsp3) is 0.350. The second-order valence-electron chi connectivity index (χ2n) is 6.96. The highest BCUT2D eigenvalue weighted by Crippen LogP contribution is 2.21. The number of sulfonamides is 1. The van der Waals surface area contributed by atoms with Gasteiger partial charge in [-0.3, -0.25) is 4.79 Å². The van der Waals surface area contributed by atoms with Gasteiger partial charge in [0.05, 0.1) is 17.1 Å². The number of para-hydroxylation sites is 1. The molecule has 0 aliphatic carbocycles. The number of nitrogens with one attached hydrogen (secondary N) is 2. The summed E-state index contributed by atoms with van der Waals surface area (Å²) >= 11 is 0. The minimum Gasteiger partial charge on any atom is -0.492 e. The van der Waals surface area contributed by atoms with Crippen LogP contribution in [0.25, 0.3) is 0 Å². The maximum Gasteiger partial charge on any atom is 0.259 e. The van der Waals surface area contributed by atoms with Crippen molar-refractivity contribution in [2.75, 3.05) is 11.9 Å². The van der Waals surface area contributed by atoms with Crippen molar-refractivity contribution in [1.82, 2.24) is 4.72 Å². The van der Waals surface area contributed by atoms with Gasteiger partial charge in [-0.05, 0) is 56.2 Å². The van der Waals surface area contributed by atoms with Gasteiger partial charge in [-0.2, -0.15) is 0 Å². The van der Waals surface area contributed by atoms with E-state index in [0.29, 0.717) is 29.5 Å². The van der Waals surface area contributed by atoms with Gasteiger partial charge < -0.3 is 10.1 Å². The van der Waals surface area contributed by atoms with Crippen LogP contribution in [-0.4, -0.2) is 27.0 Å². The van der Waals surface area contributed by atoms with Gasteiger partial charge in [-0.25, -0.2) is 13.1 Å². The van der Waals surface area contributed by atoms with Crippen LogP contribution >= 0.6 is 0 Å². The Bertz CT molecular complexity index is 875. The molecule has 0 unspecified atom stereocenters. The van der Waals surface area contributed by atoms with Gasteiger partial charge >= 0.3 is 0 Å². The molecule has 0 fully saturated rings. The summed E-state index contributed by atoms with van der Waals surface area (Å²) in [5.41, 5.74) is 0.929. The number of benzene rings is 2. The standard InChI is InChI=1S/C20H26N2O4S/c1-14(2)13-26-19-8-6-5-7-18(19)20(23)21-16-9-11-17(12-10-16)27(24,25)22-15(3)4/h5-12,14-15,22H,13H2,1-4H3,(H,21,23). The number of rotatable bonds is 8. The number of hydrogen-bond acceptors (Lipinski definition) is 4. The molecule has 146 valence electrons. The first-order chi connectivity index (χ1) is 12.7. The first-order valence-electron chi connectivity index (χ1n) is 8.84. The van der Waals surface area contributed by atoms with Gasteiger partial charge in [0.15, 0.2) is 0 Å². The van der Waals surface area contributed by atoms with Crippen LogP contribution in [0.15, 0.2) is 53.4 Å². The van der Waals surface area contributed by atoms with Gasteiger partial charge in [0.1, 0.15) is 5.75 Å². The topological polar surface area (TPSA) is 84.5 Å². The average Bonchev–Trinajstić information content (AvgIpc) is 2.59. The second-order valence-corrected chi connectivity index (χ2v) is 8.67. The molecule has 0 heterocycles. The number of hydrogen-bond donors (Lipinski definition) is 2. The summed E-state index contributed by atoms with van der Waals surface area (Å²) < 4.78 is 32.5. The molecular weight excluding hydrogens is 364 g/mol. The van der Waals surface area contributed by atoms with E-state index in [4.69, 9.17) is 4.74 Å². The Balaban J connectivity index is 2.13. The molecule has 6 nitrogen and oxygen atoms in total. The van der Waals surface area contributed by atoms with Gasteiger partial charge in [0.25, 0.3) is 5.91 Å². The number of amides is 1. The van der Waals surface area contributed by atoms with E-state index in [1.807, 2.05) is 19.9 Å². The summed E-state index contributed by atoms with van der Waals surface area (Å²) in [4.78, 5) is 12.7. The van der Waals surface area contributed by atoms with E-state index in [0.717, 1.165) is 0 Å². The Morgan fingerprint density at radius 3 is 2.22 bits per heavy atom. The molecule has 2 aromatic rings. The molecule has 2 N–H and O–H groups in total. The first kappa shape index (κ1) is 20.9. The largest absolute Gasteiger partial charge is 0.492 e. The lowest BCUT2D eigenvalue weighted by atomic mass is 10.1. The Labute approximate surface area is 161 Å². The molecule has 0 aliphatic heterocycles. The van der Waals surface area contributed by atoms with E-state index in [1.165, 1.54) is 12.1 Å². The molecule has 0 bridgehead atoms. The molecule has 0 atom stereocenters. The monoisotopic (exact) mass is 390 g/mol. The van der Waals surface area contributed by atoms with Gasteiger partial charge in [-0.15, -0.1) is 0 Å². The fourth-order valence-corrected chi connectivity index (χ4v) is 3.58. The lowest BCUT2D eigenvalue weighted by Gasteiger charge is -2.13. The molecule has 1 amide bonds. The summed E-state index contributed by atoms with van der Waals surface area (Å²) in [5.74, 6) is 0.546. The lowest BCUT2D eigenvalue weighted by molar-refractivity contribution is 0.102. The van der Waals surface area contributed by atoms with E-state index >= 15 is 0 Å². The third-order valence-electron chi connectivity index (χ3n) is 3.52. The molecule has 0 aromatic heterocycles. The highest BCUT2D eigenvalue weighted by Gasteiger charge is 2.16. The smallest absolute Gasteiger partial charge is 0.259 e. The van der Waals surface area contributed by atoms with Crippen molar-refractivity contribution in [2.45, 2.75) is 38.6 Å². The zero-order valence-electron chi connectivity index (χ0n) is 16.0. The van der Waals surface area contributed by atoms with Crippen LogP contribution in [0.2, 0.25) is 0 Å². The molecule has 0 aliphatic rings. The SMILES string of the molecule is CC(C)COc1ccccc1C(=O)Nc1ccc(S(=O)(=O)NC(C)C)cc1. The molecular formula is C20H26N2O4S. The van der Waals surface area contributed by atoms with Crippen LogP contribution in [0, 0.1) is 5.92 Å². The van der Waals surface area contributed by atoms with E-state index < -0.39 is 10.0 Å². The normalized spacial score (nSPS) is 11.6. The van der Waals surface area contributed by atoms with Crippen molar-refractivity contribution in [1.29, 1.82) is 0 Å². The van der Waals surface area contributed by atoms with Crippen molar-refractivity contribution < 1.29 is 17.9 Å². The van der Waals surface area contributed by atoms with Crippen LogP contribution in [0.3, 0.4) is 0 Å². The van der Waals surface area contributed by atoms with Crippen LogP contribution < -0.4 is 14.8 Å². The molecule has 0 radical (unpaired) electrons. The van der Waals surface area contributed by atoms with E-state index in [2.05, 4.69) is 10.0 Å². The quantitative estimate of drug-likeness (QED) is 0.720. The molecule has 2 rings (SSSR count). The molecule has 0 saturated heterocycles. The van der Waals surface area contributed by atoms with Crippen molar-refractivity contribution in [3.8, 4) is 5.75 Å². The average molecular weight is 391 g/mol. The van der Waals surface area contributed by atoms with Crippen molar-refractivity contribution >= 4 is 21.6 Å². The van der Waals surface area contributed by atoms with Crippen LogP contribution in [-0.2, 0) is 10.0 Å². The number of carbonyl (C=O) groups is 1. The molecule has 2 aromatic carbocycles. The summed E-state index contributed by atoms with van der Waals surface area (Å²) in [6.07, 6.45) is 0. The lowest BCUT2D eigenvalue weighted by Crippen LogP contribution is -2.30. The van der Waals surface area contributed by atoms with Gasteiger partial charge in [-0.1, -0.05) is 26.0 Å². The number of carbonyl (C=O) groups excluding carboxylic acids is 1. The van der Waals surface area contributed by atoms with E-state index in [1.54, 1.807) is 44.2 Å². The summed E-state index contributed by atoms with van der Waals surface area (Å²) in [6, 6.07) is 12.9. The second kappa shape index (κ2) is 9.01. The van der Waals surface area contributed by atoms with Crippen LogP contribution in [0.4, 0.5) is 5.69 Å². The van der Waals surface area contributed by atoms with E-state index in [9.17, 15) is 13.2 Å². The van der Waals surface area contributed by atoms with Crippen LogP contribution in [0.1, 0.15) is 38.1 Å². The molecule has 7 heteroatoms. The van der Waals surface area contributed by atoms with E-state index in [-0.39, 0.29) is 16.8 Å². The van der Waals surface area contributed by atoms with Gasteiger partial charge in [0, 0.05) is 11.7 Å². The third kappa shape index (κ3) is 6.08. The van der Waals surface area contributed by atoms with Crippen LogP contribution in [0.5, 0.6) is 5.75 Å². The number of ether oxygens (including phenoxy) is 1. The highest BCUT2D eigenvalue weighted by atomic mass is 32.2. The Hall–Kier alpha value is -2.38. The fourth-order valence-electron chi connectivity index (χ4n) is 2.33. The maximum atomic E-state index is 12.6. The Kier molecular flexibility index (Phi) is 6.98. The molecule has 27 heavy (non-hydrogen) atoms. The molecule has 0 spiro atoms. The van der Waals surface area contributed by atoms with Gasteiger partial charge in [0.2, 0.25) is 10.0 Å². The predicted octanol–water partition coefficient (Wildman–Crippen LogP) is 3.66. The van der Waals surface area contributed by atoms with Crippen molar-refractivity contribution in [3.63, 3.8) is 0 Å². The zero-order chi connectivity index (χ0) is 20.0. The van der Waals surface area contributed by atoms with Crippen molar-refractivity contribution in [3.05, 3.63) is 54.1 Å². The first-order valence-corrected chi connectivity index (χ1v) is 10.3. The Morgan fingerprint density at radius 2 is 1.63 bits per heavy atom. The summed E-state index contributed by atoms with van der Waals surface area (Å²) in [7, 11) is -3.56. The summed E-state index contributed by atoms with van der Waals surface area (Å²) in [6.45, 7) is 8.09. The summed E-state index contributed by atoms with van der Waals surface area (Å²) in [5, 5.41) is 2.77. The predicted molar refractivity (Wildman–Crippen MR) is 107 cm³/mol. The minimum absolute atomic E-state index is 0.148. The third-order valence-corrected chi connectivity index (χ3v) is 5.19.